The van der Waals surface area contributed by atoms with E-state index in [0.717, 1.165) is 17.9 Å². The van der Waals surface area contributed by atoms with Gasteiger partial charge in [-0.3, -0.25) is 0 Å². The first-order valence-corrected chi connectivity index (χ1v) is 6.95. The van der Waals surface area contributed by atoms with E-state index in [1.54, 1.807) is 7.11 Å². The molecular weight excluding hydrogens is 282 g/mol. The van der Waals surface area contributed by atoms with Gasteiger partial charge >= 0.3 is 0 Å². The van der Waals surface area contributed by atoms with Crippen molar-refractivity contribution in [3.8, 4) is 5.75 Å². The monoisotopic (exact) mass is 303 g/mol. The summed E-state index contributed by atoms with van der Waals surface area (Å²) in [6.07, 6.45) is 0. The standard InChI is InChI=1S/C14H22ClNO4/c1-18-7-5-16-11-12-13(15)3-2-4-14(12)20-10-9-19-8-6-17/h2-4,16-17H,5-11H2,1H3. The van der Waals surface area contributed by atoms with E-state index in [1.807, 2.05) is 18.2 Å². The summed E-state index contributed by atoms with van der Waals surface area (Å²) < 4.78 is 15.8. The van der Waals surface area contributed by atoms with Gasteiger partial charge in [0.1, 0.15) is 12.4 Å². The van der Waals surface area contributed by atoms with E-state index in [0.29, 0.717) is 38.0 Å². The summed E-state index contributed by atoms with van der Waals surface area (Å²) in [6.45, 7) is 3.22. The number of halogens is 1. The fourth-order valence-electron chi connectivity index (χ4n) is 1.61. The molecule has 0 aliphatic carbocycles. The molecule has 1 aromatic carbocycles. The molecule has 114 valence electrons. The number of hydrogen-bond donors (Lipinski definition) is 2. The second-order valence-corrected chi connectivity index (χ2v) is 4.48. The summed E-state index contributed by atoms with van der Waals surface area (Å²) in [5, 5.41) is 12.5. The van der Waals surface area contributed by atoms with Crippen LogP contribution in [0.1, 0.15) is 5.56 Å². The van der Waals surface area contributed by atoms with Gasteiger partial charge in [-0.15, -0.1) is 0 Å². The van der Waals surface area contributed by atoms with Gasteiger partial charge in [-0.1, -0.05) is 17.7 Å². The van der Waals surface area contributed by atoms with Crippen LogP contribution in [0, 0.1) is 0 Å². The quantitative estimate of drug-likeness (QED) is 0.606. The molecule has 0 atom stereocenters. The number of aliphatic hydroxyl groups excluding tert-OH is 1. The fourth-order valence-corrected chi connectivity index (χ4v) is 1.84. The molecule has 0 bridgehead atoms. The highest BCUT2D eigenvalue weighted by Crippen LogP contribution is 2.26. The molecule has 6 heteroatoms. The van der Waals surface area contributed by atoms with Gasteiger partial charge in [0.05, 0.1) is 26.4 Å². The number of rotatable bonds is 11. The van der Waals surface area contributed by atoms with Crippen LogP contribution >= 0.6 is 11.6 Å². The van der Waals surface area contributed by atoms with Gasteiger partial charge < -0.3 is 24.6 Å². The van der Waals surface area contributed by atoms with Crippen LogP contribution in [0.5, 0.6) is 5.75 Å². The summed E-state index contributed by atoms with van der Waals surface area (Å²) >= 11 is 6.19. The molecule has 0 aromatic heterocycles. The van der Waals surface area contributed by atoms with Crippen molar-refractivity contribution in [2.45, 2.75) is 6.54 Å². The van der Waals surface area contributed by atoms with Gasteiger partial charge in [0.15, 0.2) is 0 Å². The number of methoxy groups -OCH3 is 1. The minimum absolute atomic E-state index is 0.0197. The highest BCUT2D eigenvalue weighted by Gasteiger charge is 2.07. The Bertz CT molecular complexity index is 376. The first-order valence-electron chi connectivity index (χ1n) is 6.58. The van der Waals surface area contributed by atoms with Crippen LogP contribution in [-0.4, -0.2) is 51.8 Å². The maximum absolute atomic E-state index is 8.60. The average Bonchev–Trinajstić information content (AvgIpc) is 2.45. The number of hydrogen-bond acceptors (Lipinski definition) is 5. The third-order valence-electron chi connectivity index (χ3n) is 2.58. The summed E-state index contributed by atoms with van der Waals surface area (Å²) in [7, 11) is 1.66. The molecule has 0 spiro atoms. The van der Waals surface area contributed by atoms with Gasteiger partial charge in [0.2, 0.25) is 0 Å². The van der Waals surface area contributed by atoms with Gasteiger partial charge in [-0.25, -0.2) is 0 Å². The van der Waals surface area contributed by atoms with E-state index in [4.69, 9.17) is 30.9 Å². The van der Waals surface area contributed by atoms with E-state index in [-0.39, 0.29) is 6.61 Å². The molecular formula is C14H22ClNO4. The van der Waals surface area contributed by atoms with Gasteiger partial charge in [0.25, 0.3) is 0 Å². The van der Waals surface area contributed by atoms with Crippen LogP contribution in [0.25, 0.3) is 0 Å². The SMILES string of the molecule is COCCNCc1c(Cl)cccc1OCCOCCO. The Balaban J connectivity index is 2.45. The predicted molar refractivity (Wildman–Crippen MR) is 78.4 cm³/mol. The zero-order chi connectivity index (χ0) is 14.6. The van der Waals surface area contributed by atoms with Gasteiger partial charge in [-0.05, 0) is 12.1 Å². The minimum atomic E-state index is 0.0197. The molecule has 0 radical (unpaired) electrons. The third kappa shape index (κ3) is 6.54. The largest absolute Gasteiger partial charge is 0.491 e. The summed E-state index contributed by atoms with van der Waals surface area (Å²) in [6, 6.07) is 5.57. The predicted octanol–water partition coefficient (Wildman–Crippen LogP) is 1.46. The van der Waals surface area contributed by atoms with Crippen molar-refractivity contribution >= 4 is 11.6 Å². The Morgan fingerprint density at radius 1 is 1.20 bits per heavy atom. The first kappa shape index (κ1) is 17.2. The summed E-state index contributed by atoms with van der Waals surface area (Å²) in [5.74, 6) is 0.745. The van der Waals surface area contributed by atoms with Crippen LogP contribution in [0.4, 0.5) is 0 Å². The zero-order valence-electron chi connectivity index (χ0n) is 11.7. The smallest absolute Gasteiger partial charge is 0.125 e. The highest BCUT2D eigenvalue weighted by molar-refractivity contribution is 6.31. The van der Waals surface area contributed by atoms with E-state index < -0.39 is 0 Å². The Morgan fingerprint density at radius 3 is 2.80 bits per heavy atom. The molecule has 0 aliphatic heterocycles. The topological polar surface area (TPSA) is 60.0 Å². The van der Waals surface area contributed by atoms with Gasteiger partial charge in [-0.2, -0.15) is 0 Å². The Morgan fingerprint density at radius 2 is 2.05 bits per heavy atom. The summed E-state index contributed by atoms with van der Waals surface area (Å²) in [4.78, 5) is 0. The van der Waals surface area contributed by atoms with E-state index in [1.165, 1.54) is 0 Å². The number of nitrogens with one attached hydrogen (secondary N) is 1. The van der Waals surface area contributed by atoms with Crippen LogP contribution in [0.3, 0.4) is 0 Å². The van der Waals surface area contributed by atoms with E-state index >= 15 is 0 Å². The molecule has 1 aromatic rings. The number of aliphatic hydroxyl groups is 1. The van der Waals surface area contributed by atoms with Crippen molar-refractivity contribution in [2.75, 3.05) is 46.7 Å². The van der Waals surface area contributed by atoms with Crippen molar-refractivity contribution in [3.63, 3.8) is 0 Å². The molecule has 20 heavy (non-hydrogen) atoms. The maximum Gasteiger partial charge on any atom is 0.125 e. The minimum Gasteiger partial charge on any atom is -0.491 e. The van der Waals surface area contributed by atoms with Crippen molar-refractivity contribution < 1.29 is 19.3 Å². The van der Waals surface area contributed by atoms with Crippen molar-refractivity contribution in [1.82, 2.24) is 5.32 Å². The third-order valence-corrected chi connectivity index (χ3v) is 2.94. The molecule has 0 amide bonds. The molecule has 0 aliphatic rings. The molecule has 0 saturated carbocycles. The lowest BCUT2D eigenvalue weighted by Gasteiger charge is -2.13. The molecule has 0 unspecified atom stereocenters. The second kappa shape index (κ2) is 10.9. The van der Waals surface area contributed by atoms with Crippen LogP contribution in [0.15, 0.2) is 18.2 Å². The lowest BCUT2D eigenvalue weighted by atomic mass is 10.2. The van der Waals surface area contributed by atoms with Crippen LogP contribution < -0.4 is 10.1 Å². The molecule has 1 rings (SSSR count). The van der Waals surface area contributed by atoms with Crippen LogP contribution in [-0.2, 0) is 16.0 Å². The molecule has 0 heterocycles. The normalized spacial score (nSPS) is 10.8. The number of benzene rings is 1. The lowest BCUT2D eigenvalue weighted by Crippen LogP contribution is -2.19. The molecule has 2 N–H and O–H groups in total. The zero-order valence-corrected chi connectivity index (χ0v) is 12.5. The Kier molecular flexibility index (Phi) is 9.36. The van der Waals surface area contributed by atoms with E-state index in [9.17, 15) is 0 Å². The number of ether oxygens (including phenoxy) is 3. The first-order chi connectivity index (χ1) is 9.79. The maximum atomic E-state index is 8.60. The average molecular weight is 304 g/mol. The van der Waals surface area contributed by atoms with E-state index in [2.05, 4.69) is 5.32 Å². The highest BCUT2D eigenvalue weighted by atomic mass is 35.5. The van der Waals surface area contributed by atoms with Crippen molar-refractivity contribution in [1.29, 1.82) is 0 Å². The molecule has 0 saturated heterocycles. The Hall–Kier alpha value is -0.850. The van der Waals surface area contributed by atoms with Crippen LogP contribution in [0.2, 0.25) is 5.02 Å². The molecule has 0 fully saturated rings. The van der Waals surface area contributed by atoms with Gasteiger partial charge in [0, 0.05) is 30.8 Å². The second-order valence-electron chi connectivity index (χ2n) is 4.07. The van der Waals surface area contributed by atoms with Crippen molar-refractivity contribution in [2.24, 2.45) is 0 Å². The fraction of sp³-hybridized carbons (Fsp3) is 0.571. The summed E-state index contributed by atoms with van der Waals surface area (Å²) in [5.41, 5.74) is 0.924. The Labute approximate surface area is 124 Å². The van der Waals surface area contributed by atoms with Crippen molar-refractivity contribution in [3.05, 3.63) is 28.8 Å². The lowest BCUT2D eigenvalue weighted by molar-refractivity contribution is 0.0703. The molecule has 5 nitrogen and oxygen atoms in total.